The maximum absolute atomic E-state index is 12.2. The molecule has 0 saturated carbocycles. The minimum absolute atomic E-state index is 0.137. The summed E-state index contributed by atoms with van der Waals surface area (Å²) in [7, 11) is 3.69. The van der Waals surface area contributed by atoms with Gasteiger partial charge in [0.1, 0.15) is 24.5 Å². The number of esters is 1. The Hall–Kier alpha value is -2.52. The number of nitrogens with zero attached hydrogens (tertiary/aromatic N) is 5. The molecular weight excluding hydrogens is 350 g/mol. The highest BCUT2D eigenvalue weighted by atomic mass is 16.5. The van der Waals surface area contributed by atoms with E-state index >= 15 is 0 Å². The topological polar surface area (TPSA) is 100 Å². The zero-order valence-corrected chi connectivity index (χ0v) is 16.1. The van der Waals surface area contributed by atoms with Crippen LogP contribution in [-0.2, 0) is 20.7 Å². The van der Waals surface area contributed by atoms with Gasteiger partial charge in [-0.2, -0.15) is 4.98 Å². The lowest BCUT2D eigenvalue weighted by Gasteiger charge is -2.39. The molecule has 0 amide bonds. The number of quaternary nitrogens is 1. The van der Waals surface area contributed by atoms with Crippen LogP contribution in [0.25, 0.3) is 0 Å². The lowest BCUT2D eigenvalue weighted by atomic mass is 10.3. The molecule has 9 heteroatoms. The van der Waals surface area contributed by atoms with Crippen LogP contribution in [0.2, 0.25) is 0 Å². The third-order valence-electron chi connectivity index (χ3n) is 3.89. The number of rotatable bonds is 10. The first kappa shape index (κ1) is 20.8. The molecule has 2 heterocycles. The van der Waals surface area contributed by atoms with Crippen molar-refractivity contribution in [2.24, 2.45) is 0 Å². The predicted molar refractivity (Wildman–Crippen MR) is 100 cm³/mol. The van der Waals surface area contributed by atoms with Gasteiger partial charge in [0.25, 0.3) is 0 Å². The molecule has 0 bridgehead atoms. The average Bonchev–Trinajstić information content (AvgIpc) is 2.64. The highest BCUT2D eigenvalue weighted by Gasteiger charge is 2.16. The molecule has 1 aromatic rings. The molecule has 0 aliphatic carbocycles. The van der Waals surface area contributed by atoms with Gasteiger partial charge in [0.2, 0.25) is 5.95 Å². The van der Waals surface area contributed by atoms with Gasteiger partial charge in [-0.05, 0) is 6.42 Å². The highest BCUT2D eigenvalue weighted by molar-refractivity contribution is 5.69. The van der Waals surface area contributed by atoms with Crippen molar-refractivity contribution in [2.45, 2.75) is 26.2 Å². The number of hydrogen-bond acceptors (Lipinski definition) is 8. The Morgan fingerprint density at radius 2 is 2.15 bits per heavy atom. The fraction of sp³-hybridized carbons (Fsp3) is 0.556. The summed E-state index contributed by atoms with van der Waals surface area (Å²) in [6.07, 6.45) is 7.84. The van der Waals surface area contributed by atoms with Crippen molar-refractivity contribution in [3.05, 3.63) is 41.5 Å². The van der Waals surface area contributed by atoms with Crippen LogP contribution >= 0.6 is 0 Å². The van der Waals surface area contributed by atoms with Crippen LogP contribution in [0.5, 0.6) is 0 Å². The molecule has 0 aromatic carbocycles. The second-order valence-corrected chi connectivity index (χ2v) is 6.45. The van der Waals surface area contributed by atoms with Crippen LogP contribution in [0.1, 0.15) is 25.6 Å². The fourth-order valence-electron chi connectivity index (χ4n) is 2.47. The lowest BCUT2D eigenvalue weighted by Crippen LogP contribution is -2.38. The van der Waals surface area contributed by atoms with Crippen LogP contribution in [0.3, 0.4) is 0 Å². The fourth-order valence-corrected chi connectivity index (χ4v) is 2.47. The molecule has 1 unspecified atom stereocenters. The van der Waals surface area contributed by atoms with E-state index < -0.39 is 0 Å². The molecule has 0 spiro atoms. The lowest BCUT2D eigenvalue weighted by molar-refractivity contribution is -0.823. The molecule has 0 saturated heterocycles. The Morgan fingerprint density at radius 3 is 2.81 bits per heavy atom. The summed E-state index contributed by atoms with van der Waals surface area (Å²) < 4.78 is 10.3. The van der Waals surface area contributed by atoms with Crippen LogP contribution in [0.15, 0.2) is 30.4 Å². The van der Waals surface area contributed by atoms with Crippen molar-refractivity contribution < 1.29 is 18.9 Å². The number of hydrogen-bond donors (Lipinski definition) is 0. The standard InChI is InChI=1S/C18H27N5O4/c1-4-9-23(25)10-5-15(6-11-23)26-13-8-17(24)27-12-7-16-19-14-20-18(21-16)22(2)3/h5-6,10,14H,4,7-9,11-13H2,1-3H3. The van der Waals surface area contributed by atoms with E-state index in [2.05, 4.69) is 15.0 Å². The van der Waals surface area contributed by atoms with Crippen molar-refractivity contribution in [2.75, 3.05) is 45.3 Å². The van der Waals surface area contributed by atoms with E-state index in [0.717, 1.165) is 6.42 Å². The van der Waals surface area contributed by atoms with Crippen molar-refractivity contribution in [1.82, 2.24) is 15.0 Å². The summed E-state index contributed by atoms with van der Waals surface area (Å²) in [5.41, 5.74) is 0. The SMILES string of the molecule is CCC[N+]1([O-])C=CC(OCCC(=O)OCCc2ncnc(N(C)C)n2)=CC1. The number of ether oxygens (including phenoxy) is 2. The molecule has 0 radical (unpaired) electrons. The van der Waals surface area contributed by atoms with E-state index in [-0.39, 0.29) is 30.3 Å². The summed E-state index contributed by atoms with van der Waals surface area (Å²) >= 11 is 0. The van der Waals surface area contributed by atoms with Crippen molar-refractivity contribution >= 4 is 11.9 Å². The minimum atomic E-state index is -0.363. The Kier molecular flexibility index (Phi) is 7.68. The molecule has 9 nitrogen and oxygen atoms in total. The third kappa shape index (κ3) is 6.95. The minimum Gasteiger partial charge on any atom is -0.628 e. The first-order chi connectivity index (χ1) is 12.9. The largest absolute Gasteiger partial charge is 0.628 e. The van der Waals surface area contributed by atoms with Gasteiger partial charge in [0, 0.05) is 32.7 Å². The summed E-state index contributed by atoms with van der Waals surface area (Å²) in [4.78, 5) is 25.9. The van der Waals surface area contributed by atoms with Crippen LogP contribution in [0, 0.1) is 5.21 Å². The van der Waals surface area contributed by atoms with Crippen molar-refractivity contribution in [3.8, 4) is 0 Å². The number of aromatic nitrogens is 3. The van der Waals surface area contributed by atoms with Gasteiger partial charge in [0.05, 0.1) is 32.4 Å². The number of allylic oxidation sites excluding steroid dienone is 1. The Morgan fingerprint density at radius 1 is 1.33 bits per heavy atom. The van der Waals surface area contributed by atoms with E-state index in [0.29, 0.717) is 37.0 Å². The summed E-state index contributed by atoms with van der Waals surface area (Å²) in [5.74, 6) is 1.40. The number of hydroxylamine groups is 3. The predicted octanol–water partition coefficient (Wildman–Crippen LogP) is 1.57. The van der Waals surface area contributed by atoms with E-state index in [4.69, 9.17) is 9.47 Å². The summed E-state index contributed by atoms with van der Waals surface area (Å²) in [6.45, 7) is 3.29. The highest BCUT2D eigenvalue weighted by Crippen LogP contribution is 2.16. The van der Waals surface area contributed by atoms with Gasteiger partial charge < -0.3 is 24.2 Å². The molecule has 2 rings (SSSR count). The monoisotopic (exact) mass is 377 g/mol. The van der Waals surface area contributed by atoms with Crippen molar-refractivity contribution in [1.29, 1.82) is 0 Å². The molecule has 1 aliphatic rings. The quantitative estimate of drug-likeness (QED) is 0.344. The molecule has 1 atom stereocenters. The van der Waals surface area contributed by atoms with E-state index in [1.165, 1.54) is 6.33 Å². The van der Waals surface area contributed by atoms with Crippen LogP contribution < -0.4 is 4.90 Å². The number of carbonyl (C=O) groups is 1. The smallest absolute Gasteiger partial charge is 0.309 e. The molecule has 148 valence electrons. The van der Waals surface area contributed by atoms with Gasteiger partial charge >= 0.3 is 5.97 Å². The zero-order valence-electron chi connectivity index (χ0n) is 16.1. The van der Waals surface area contributed by atoms with Crippen LogP contribution in [-0.4, -0.2) is 66.0 Å². The maximum atomic E-state index is 12.2. The van der Waals surface area contributed by atoms with Crippen LogP contribution in [0.4, 0.5) is 5.95 Å². The second-order valence-electron chi connectivity index (χ2n) is 6.45. The number of carbonyl (C=O) groups excluding carboxylic acids is 1. The average molecular weight is 377 g/mol. The van der Waals surface area contributed by atoms with Gasteiger partial charge in [-0.1, -0.05) is 6.92 Å². The van der Waals surface area contributed by atoms with Gasteiger partial charge in [-0.15, -0.1) is 0 Å². The van der Waals surface area contributed by atoms with Gasteiger partial charge in [-0.3, -0.25) is 4.79 Å². The van der Waals surface area contributed by atoms with Crippen molar-refractivity contribution in [3.63, 3.8) is 0 Å². The molecule has 1 aromatic heterocycles. The molecular formula is C18H27N5O4. The first-order valence-electron chi connectivity index (χ1n) is 9.02. The van der Waals surface area contributed by atoms with Gasteiger partial charge in [0.15, 0.2) is 0 Å². The van der Waals surface area contributed by atoms with E-state index in [1.807, 2.05) is 21.0 Å². The van der Waals surface area contributed by atoms with E-state index in [1.54, 1.807) is 23.3 Å². The Bertz CT molecular complexity index is 692. The molecule has 27 heavy (non-hydrogen) atoms. The third-order valence-corrected chi connectivity index (χ3v) is 3.89. The Labute approximate surface area is 159 Å². The Balaban J connectivity index is 1.64. The zero-order chi connectivity index (χ0) is 19.7. The summed E-state index contributed by atoms with van der Waals surface area (Å²) in [5, 5.41) is 12.2. The normalized spacial score (nSPS) is 18.7. The van der Waals surface area contributed by atoms with Gasteiger partial charge in [-0.25, -0.2) is 9.97 Å². The summed E-state index contributed by atoms with van der Waals surface area (Å²) in [6, 6.07) is 0. The molecule has 0 fully saturated rings. The molecule has 1 aliphatic heterocycles. The number of anilines is 1. The maximum Gasteiger partial charge on any atom is 0.309 e. The first-order valence-corrected chi connectivity index (χ1v) is 9.02. The second kappa shape index (κ2) is 9.98. The molecule has 0 N–H and O–H groups in total. The van der Waals surface area contributed by atoms with E-state index in [9.17, 15) is 10.0 Å².